The van der Waals surface area contributed by atoms with Gasteiger partial charge in [-0.05, 0) is 98.9 Å². The minimum atomic E-state index is -0.630. The van der Waals surface area contributed by atoms with Crippen molar-refractivity contribution in [1.29, 1.82) is 0 Å². The zero-order valence-corrected chi connectivity index (χ0v) is 19.7. The molecular weight excluding hydrogens is 408 g/mol. The third-order valence-corrected chi connectivity index (χ3v) is 7.60. The number of benzene rings is 1. The average Bonchev–Trinajstić information content (AvgIpc) is 2.79. The van der Waals surface area contributed by atoms with Crippen molar-refractivity contribution >= 4 is 28.6 Å². The van der Waals surface area contributed by atoms with E-state index < -0.39 is 5.97 Å². The van der Waals surface area contributed by atoms with E-state index in [1.54, 1.807) is 7.11 Å². The van der Waals surface area contributed by atoms with Gasteiger partial charge in [0.1, 0.15) is 5.75 Å². The van der Waals surface area contributed by atoms with Crippen molar-refractivity contribution in [3.8, 4) is 5.75 Å². The molecule has 1 fully saturated rings. The molecule has 1 saturated heterocycles. The molecule has 0 aliphatic carbocycles. The summed E-state index contributed by atoms with van der Waals surface area (Å²) in [5, 5.41) is 11.0. The van der Waals surface area contributed by atoms with Crippen LogP contribution in [0.4, 0.5) is 0 Å². The van der Waals surface area contributed by atoms with Gasteiger partial charge in [0.05, 0.1) is 18.5 Å². The van der Waals surface area contributed by atoms with Crippen LogP contribution in [-0.4, -0.2) is 59.2 Å². The van der Waals surface area contributed by atoms with Gasteiger partial charge in [0.15, 0.2) is 0 Å². The van der Waals surface area contributed by atoms with Gasteiger partial charge >= 0.3 is 5.97 Å². The van der Waals surface area contributed by atoms with Gasteiger partial charge in [0.25, 0.3) is 0 Å². The Hall–Kier alpha value is -1.79. The highest BCUT2D eigenvalue weighted by molar-refractivity contribution is 7.99. The van der Waals surface area contributed by atoms with Crippen LogP contribution in [0.15, 0.2) is 30.5 Å². The van der Waals surface area contributed by atoms with Crippen molar-refractivity contribution in [2.75, 3.05) is 38.2 Å². The Bertz CT molecular complexity index is 845. The van der Waals surface area contributed by atoms with Crippen molar-refractivity contribution in [2.45, 2.75) is 45.4 Å². The largest absolute Gasteiger partial charge is 0.497 e. The molecular formula is C25H36N2O3S. The summed E-state index contributed by atoms with van der Waals surface area (Å²) in [6, 6.07) is 8.06. The predicted molar refractivity (Wildman–Crippen MR) is 129 cm³/mol. The molecule has 0 bridgehead atoms. The highest BCUT2D eigenvalue weighted by Gasteiger charge is 2.33. The number of carbonyl (C=O) groups is 1. The number of carboxylic acid groups (broad SMARTS) is 1. The SMILES string of the molecule is CCCSCCCN1CC[C@@H](CCCc2ccnc3ccc(OC)cc23)[C@@H](C(=O)O)C1. The normalized spacial score (nSPS) is 19.5. The van der Waals surface area contributed by atoms with Gasteiger partial charge in [-0.2, -0.15) is 11.8 Å². The fraction of sp³-hybridized carbons (Fsp3) is 0.600. The maximum atomic E-state index is 12.0. The number of aliphatic carboxylic acids is 1. The number of rotatable bonds is 12. The number of hydrogen-bond acceptors (Lipinski definition) is 5. The molecule has 2 atom stereocenters. The van der Waals surface area contributed by atoms with Crippen LogP contribution in [0, 0.1) is 11.8 Å². The second-order valence-electron chi connectivity index (χ2n) is 8.51. The maximum absolute atomic E-state index is 12.0. The number of methoxy groups -OCH3 is 1. The van der Waals surface area contributed by atoms with Gasteiger partial charge in [-0.1, -0.05) is 6.92 Å². The number of aryl methyl sites for hydroxylation is 1. The lowest BCUT2D eigenvalue weighted by Gasteiger charge is -2.36. The Kier molecular flexibility index (Phi) is 9.47. The summed E-state index contributed by atoms with van der Waals surface area (Å²) < 4.78 is 5.38. The van der Waals surface area contributed by atoms with E-state index in [4.69, 9.17) is 4.74 Å². The number of fused-ring (bicyclic) bond motifs is 1. The molecule has 2 aromatic rings. The standard InChI is InChI=1S/C25H36N2O3S/c1-3-15-31-16-5-13-27-14-11-20(23(18-27)25(28)29)7-4-6-19-10-12-26-24-9-8-21(30-2)17-22(19)24/h8-10,12,17,20,23H,3-7,11,13-16,18H2,1-2H3,(H,28,29)/t20-,23+/m1/s1. The third kappa shape index (κ3) is 6.84. The van der Waals surface area contributed by atoms with E-state index in [2.05, 4.69) is 28.9 Å². The smallest absolute Gasteiger partial charge is 0.308 e. The van der Waals surface area contributed by atoms with E-state index in [-0.39, 0.29) is 11.8 Å². The lowest BCUT2D eigenvalue weighted by molar-refractivity contribution is -0.146. The van der Waals surface area contributed by atoms with Crippen molar-refractivity contribution in [3.05, 3.63) is 36.0 Å². The summed E-state index contributed by atoms with van der Waals surface area (Å²) in [5.74, 6) is 2.63. The lowest BCUT2D eigenvalue weighted by Crippen LogP contribution is -2.44. The van der Waals surface area contributed by atoms with Crippen molar-refractivity contribution in [1.82, 2.24) is 9.88 Å². The number of piperidine rings is 1. The fourth-order valence-corrected chi connectivity index (χ4v) is 5.44. The molecule has 0 amide bonds. The molecule has 3 rings (SSSR count). The maximum Gasteiger partial charge on any atom is 0.308 e. The van der Waals surface area contributed by atoms with Crippen LogP contribution in [0.2, 0.25) is 0 Å². The van der Waals surface area contributed by atoms with Gasteiger partial charge in [-0.3, -0.25) is 9.78 Å². The Morgan fingerprint density at radius 2 is 2.16 bits per heavy atom. The van der Waals surface area contributed by atoms with Gasteiger partial charge in [0, 0.05) is 18.1 Å². The van der Waals surface area contributed by atoms with Crippen LogP contribution in [0.3, 0.4) is 0 Å². The summed E-state index contributed by atoms with van der Waals surface area (Å²) in [5.41, 5.74) is 2.24. The van der Waals surface area contributed by atoms with E-state index >= 15 is 0 Å². The highest BCUT2D eigenvalue weighted by atomic mass is 32.2. The summed E-state index contributed by atoms with van der Waals surface area (Å²) in [6.45, 7) is 4.97. The van der Waals surface area contributed by atoms with Crippen LogP contribution < -0.4 is 4.74 Å². The molecule has 1 N–H and O–H groups in total. The molecule has 1 aliphatic heterocycles. The molecule has 31 heavy (non-hydrogen) atoms. The number of likely N-dealkylation sites (tertiary alicyclic amines) is 1. The van der Waals surface area contributed by atoms with E-state index in [9.17, 15) is 9.90 Å². The van der Waals surface area contributed by atoms with Crippen molar-refractivity contribution in [2.24, 2.45) is 11.8 Å². The molecule has 0 spiro atoms. The molecule has 6 heteroatoms. The van der Waals surface area contributed by atoms with Crippen molar-refractivity contribution in [3.63, 3.8) is 0 Å². The zero-order valence-electron chi connectivity index (χ0n) is 18.9. The number of aromatic nitrogens is 1. The van der Waals surface area contributed by atoms with Crippen LogP contribution in [0.25, 0.3) is 10.9 Å². The molecule has 1 aromatic heterocycles. The van der Waals surface area contributed by atoms with E-state index in [0.29, 0.717) is 6.54 Å². The first kappa shape index (κ1) is 23.9. The van der Waals surface area contributed by atoms with Gasteiger partial charge in [-0.15, -0.1) is 0 Å². The molecule has 0 radical (unpaired) electrons. The summed E-state index contributed by atoms with van der Waals surface area (Å²) in [6.07, 6.45) is 8.13. The van der Waals surface area contributed by atoms with Crippen LogP contribution >= 0.6 is 11.8 Å². The lowest BCUT2D eigenvalue weighted by atomic mass is 9.81. The number of ether oxygens (including phenoxy) is 1. The second-order valence-corrected chi connectivity index (χ2v) is 9.73. The molecule has 1 aromatic carbocycles. The Labute approximate surface area is 190 Å². The summed E-state index contributed by atoms with van der Waals surface area (Å²) in [4.78, 5) is 18.8. The van der Waals surface area contributed by atoms with E-state index in [0.717, 1.165) is 61.8 Å². The van der Waals surface area contributed by atoms with Gasteiger partial charge < -0.3 is 14.7 Å². The Morgan fingerprint density at radius 3 is 2.94 bits per heavy atom. The monoisotopic (exact) mass is 444 g/mol. The summed E-state index contributed by atoms with van der Waals surface area (Å²) >= 11 is 2.01. The number of nitrogens with zero attached hydrogens (tertiary/aromatic N) is 2. The van der Waals surface area contributed by atoms with Crippen LogP contribution in [0.5, 0.6) is 5.75 Å². The quantitative estimate of drug-likeness (QED) is 0.458. The van der Waals surface area contributed by atoms with E-state index in [1.165, 1.54) is 23.5 Å². The third-order valence-electron chi connectivity index (χ3n) is 6.33. The van der Waals surface area contributed by atoms with Crippen LogP contribution in [0.1, 0.15) is 44.6 Å². The first-order valence-electron chi connectivity index (χ1n) is 11.6. The Morgan fingerprint density at radius 1 is 1.29 bits per heavy atom. The van der Waals surface area contributed by atoms with Gasteiger partial charge in [-0.25, -0.2) is 0 Å². The second kappa shape index (κ2) is 12.3. The molecule has 2 heterocycles. The van der Waals surface area contributed by atoms with E-state index in [1.807, 2.05) is 30.1 Å². The minimum absolute atomic E-state index is 0.244. The number of thioether (sulfide) groups is 1. The first-order valence-corrected chi connectivity index (χ1v) is 12.7. The zero-order chi connectivity index (χ0) is 22.1. The highest BCUT2D eigenvalue weighted by Crippen LogP contribution is 2.30. The number of hydrogen-bond donors (Lipinski definition) is 1. The average molecular weight is 445 g/mol. The Balaban J connectivity index is 1.52. The molecule has 0 saturated carbocycles. The molecule has 1 aliphatic rings. The van der Waals surface area contributed by atoms with Crippen molar-refractivity contribution < 1.29 is 14.6 Å². The number of carboxylic acids is 1. The topological polar surface area (TPSA) is 62.7 Å². The summed E-state index contributed by atoms with van der Waals surface area (Å²) in [7, 11) is 1.68. The number of pyridine rings is 1. The fourth-order valence-electron chi connectivity index (χ4n) is 4.61. The molecule has 170 valence electrons. The molecule has 5 nitrogen and oxygen atoms in total. The first-order chi connectivity index (χ1) is 15.1. The molecule has 0 unspecified atom stereocenters. The predicted octanol–water partition coefficient (Wildman–Crippen LogP) is 5.12. The minimum Gasteiger partial charge on any atom is -0.497 e. The van der Waals surface area contributed by atoms with Gasteiger partial charge in [0.2, 0.25) is 0 Å². The van der Waals surface area contributed by atoms with Crippen LogP contribution in [-0.2, 0) is 11.2 Å².